The third-order valence-electron chi connectivity index (χ3n) is 5.40. The minimum atomic E-state index is -0.999. The smallest absolute Gasteiger partial charge is 0.410 e. The summed E-state index contributed by atoms with van der Waals surface area (Å²) >= 11 is 0. The molecule has 0 radical (unpaired) electrons. The molecule has 2 saturated heterocycles. The summed E-state index contributed by atoms with van der Waals surface area (Å²) in [6, 6.07) is 1.79. The number of piperidine rings is 2. The molecule has 140 valence electrons. The largest absolute Gasteiger partial charge is 0.444 e. The first-order valence-electron chi connectivity index (χ1n) is 9.29. The zero-order chi connectivity index (χ0) is 18.5. The molecule has 4 rings (SSSR count). The van der Waals surface area contributed by atoms with Crippen LogP contribution in [0, 0.1) is 0 Å². The van der Waals surface area contributed by atoms with Crippen molar-refractivity contribution < 1.29 is 14.6 Å². The molecule has 2 fully saturated rings. The number of fused-ring (bicyclic) bond motifs is 3. The molecule has 0 aliphatic carbocycles. The van der Waals surface area contributed by atoms with Gasteiger partial charge in [0.15, 0.2) is 5.65 Å². The Kier molecular flexibility index (Phi) is 3.95. The van der Waals surface area contributed by atoms with Gasteiger partial charge in [-0.2, -0.15) is 5.10 Å². The Bertz CT molecular complexity index is 812. The number of rotatable bonds is 1. The van der Waals surface area contributed by atoms with Crippen LogP contribution in [0.4, 0.5) is 4.79 Å². The number of ether oxygens (including phenoxy) is 1. The van der Waals surface area contributed by atoms with Crippen LogP contribution in [0.5, 0.6) is 0 Å². The highest BCUT2D eigenvalue weighted by molar-refractivity contribution is 5.69. The van der Waals surface area contributed by atoms with Crippen LogP contribution in [0.3, 0.4) is 0 Å². The van der Waals surface area contributed by atoms with Crippen LogP contribution < -0.4 is 0 Å². The maximum atomic E-state index is 12.7. The molecule has 7 heteroatoms. The van der Waals surface area contributed by atoms with Gasteiger partial charge in [0, 0.05) is 48.9 Å². The van der Waals surface area contributed by atoms with Crippen molar-refractivity contribution >= 4 is 11.7 Å². The SMILES string of the molecule is CC(C)(C)OC(=O)N1C2CCCC1CC(O)(c1cnc3ccnn3c1)C2. The molecule has 1 amide bonds. The number of hydrogen-bond acceptors (Lipinski definition) is 5. The zero-order valence-electron chi connectivity index (χ0n) is 15.6. The third-order valence-corrected chi connectivity index (χ3v) is 5.40. The number of carbonyl (C=O) groups is 1. The van der Waals surface area contributed by atoms with Crippen LogP contribution in [-0.4, -0.2) is 48.4 Å². The van der Waals surface area contributed by atoms with Crippen molar-refractivity contribution in [3.63, 3.8) is 0 Å². The lowest BCUT2D eigenvalue weighted by atomic mass is 9.73. The summed E-state index contributed by atoms with van der Waals surface area (Å²) < 4.78 is 7.30. The van der Waals surface area contributed by atoms with E-state index in [0.29, 0.717) is 12.8 Å². The maximum Gasteiger partial charge on any atom is 0.410 e. The Morgan fingerprint density at radius 3 is 2.65 bits per heavy atom. The van der Waals surface area contributed by atoms with Gasteiger partial charge >= 0.3 is 6.09 Å². The summed E-state index contributed by atoms with van der Waals surface area (Å²) in [7, 11) is 0. The van der Waals surface area contributed by atoms with Crippen LogP contribution in [0.15, 0.2) is 24.7 Å². The van der Waals surface area contributed by atoms with Crippen LogP contribution in [0.25, 0.3) is 5.65 Å². The van der Waals surface area contributed by atoms with Crippen LogP contribution >= 0.6 is 0 Å². The van der Waals surface area contributed by atoms with Crippen molar-refractivity contribution in [1.29, 1.82) is 0 Å². The lowest BCUT2D eigenvalue weighted by Gasteiger charge is -2.51. The number of amides is 1. The Balaban J connectivity index is 1.61. The van der Waals surface area contributed by atoms with E-state index in [1.54, 1.807) is 16.9 Å². The summed E-state index contributed by atoms with van der Waals surface area (Å²) in [5, 5.41) is 15.6. The summed E-state index contributed by atoms with van der Waals surface area (Å²) in [5.74, 6) is 0. The minimum absolute atomic E-state index is 0.0179. The van der Waals surface area contributed by atoms with Crippen molar-refractivity contribution in [3.05, 3.63) is 30.2 Å². The van der Waals surface area contributed by atoms with Gasteiger partial charge < -0.3 is 14.7 Å². The van der Waals surface area contributed by atoms with Crippen molar-refractivity contribution in [3.8, 4) is 0 Å². The van der Waals surface area contributed by atoms with Gasteiger partial charge in [-0.3, -0.25) is 0 Å². The van der Waals surface area contributed by atoms with Gasteiger partial charge in [0.1, 0.15) is 5.60 Å². The molecule has 2 atom stereocenters. The van der Waals surface area contributed by atoms with Crippen molar-refractivity contribution in [2.75, 3.05) is 0 Å². The van der Waals surface area contributed by atoms with E-state index in [0.717, 1.165) is 30.5 Å². The predicted molar refractivity (Wildman–Crippen MR) is 95.6 cm³/mol. The second-order valence-electron chi connectivity index (χ2n) is 8.54. The molecule has 1 N–H and O–H groups in total. The standard InChI is InChI=1S/C19H26N4O3/c1-18(2,3)26-17(24)23-14-5-4-6-15(23)10-19(25,9-14)13-11-20-16-7-8-21-22(16)12-13/h7-8,11-12,14-15,25H,4-6,9-10H2,1-3H3. The highest BCUT2D eigenvalue weighted by atomic mass is 16.6. The molecule has 2 bridgehead atoms. The Morgan fingerprint density at radius 2 is 2.00 bits per heavy atom. The first kappa shape index (κ1) is 17.3. The van der Waals surface area contributed by atoms with Gasteiger partial charge in [-0.1, -0.05) is 0 Å². The average molecular weight is 358 g/mol. The summed E-state index contributed by atoms with van der Waals surface area (Å²) in [4.78, 5) is 19.0. The fourth-order valence-electron chi connectivity index (χ4n) is 4.33. The van der Waals surface area contributed by atoms with E-state index in [2.05, 4.69) is 10.1 Å². The Hall–Kier alpha value is -2.15. The highest BCUT2D eigenvalue weighted by Crippen LogP contribution is 2.44. The molecular weight excluding hydrogens is 332 g/mol. The molecule has 26 heavy (non-hydrogen) atoms. The monoisotopic (exact) mass is 358 g/mol. The number of nitrogens with zero attached hydrogens (tertiary/aromatic N) is 4. The number of aliphatic hydroxyl groups is 1. The van der Waals surface area contributed by atoms with Gasteiger partial charge in [0.2, 0.25) is 0 Å². The first-order valence-corrected chi connectivity index (χ1v) is 9.29. The fraction of sp³-hybridized carbons (Fsp3) is 0.632. The molecule has 2 unspecified atom stereocenters. The normalized spacial score (nSPS) is 29.0. The van der Waals surface area contributed by atoms with Crippen molar-refractivity contribution in [2.24, 2.45) is 0 Å². The number of aromatic nitrogens is 3. The van der Waals surface area contributed by atoms with E-state index in [-0.39, 0.29) is 18.2 Å². The molecule has 0 spiro atoms. The van der Waals surface area contributed by atoms with Crippen LogP contribution in [0.2, 0.25) is 0 Å². The van der Waals surface area contributed by atoms with Gasteiger partial charge in [0.25, 0.3) is 0 Å². The lowest BCUT2D eigenvalue weighted by Crippen LogP contribution is -2.59. The summed E-state index contributed by atoms with van der Waals surface area (Å²) in [6.45, 7) is 5.64. The topological polar surface area (TPSA) is 80.0 Å². The lowest BCUT2D eigenvalue weighted by molar-refractivity contribution is -0.0968. The maximum absolute atomic E-state index is 12.7. The van der Waals surface area contributed by atoms with E-state index in [1.807, 2.05) is 37.9 Å². The van der Waals surface area contributed by atoms with Crippen LogP contribution in [-0.2, 0) is 10.3 Å². The van der Waals surface area contributed by atoms with E-state index < -0.39 is 11.2 Å². The van der Waals surface area contributed by atoms with Crippen molar-refractivity contribution in [2.45, 2.75) is 76.2 Å². The Labute approximate surface area is 153 Å². The van der Waals surface area contributed by atoms with E-state index >= 15 is 0 Å². The average Bonchev–Trinajstić information content (AvgIpc) is 2.99. The second kappa shape index (κ2) is 5.94. The third kappa shape index (κ3) is 3.05. The molecule has 2 aromatic rings. The van der Waals surface area contributed by atoms with Crippen LogP contribution in [0.1, 0.15) is 58.4 Å². The number of hydrogen-bond donors (Lipinski definition) is 1. The molecule has 4 heterocycles. The predicted octanol–water partition coefficient (Wildman–Crippen LogP) is 2.87. The van der Waals surface area contributed by atoms with Gasteiger partial charge in [-0.05, 0) is 40.0 Å². The first-order chi connectivity index (χ1) is 12.3. The summed E-state index contributed by atoms with van der Waals surface area (Å²) in [5.41, 5.74) is -0.00607. The molecule has 2 aromatic heterocycles. The molecular formula is C19H26N4O3. The van der Waals surface area contributed by atoms with E-state index in [4.69, 9.17) is 4.74 Å². The van der Waals surface area contributed by atoms with Gasteiger partial charge in [-0.25, -0.2) is 14.3 Å². The second-order valence-corrected chi connectivity index (χ2v) is 8.54. The van der Waals surface area contributed by atoms with E-state index in [9.17, 15) is 9.90 Å². The molecule has 0 saturated carbocycles. The molecule has 2 aliphatic heterocycles. The quantitative estimate of drug-likeness (QED) is 0.848. The summed E-state index contributed by atoms with van der Waals surface area (Å²) in [6.07, 6.45) is 8.84. The van der Waals surface area contributed by atoms with E-state index in [1.165, 1.54) is 0 Å². The fourth-order valence-corrected chi connectivity index (χ4v) is 4.33. The van der Waals surface area contributed by atoms with Crippen molar-refractivity contribution in [1.82, 2.24) is 19.5 Å². The van der Waals surface area contributed by atoms with Gasteiger partial charge in [-0.15, -0.1) is 0 Å². The number of carbonyl (C=O) groups excluding carboxylic acids is 1. The highest BCUT2D eigenvalue weighted by Gasteiger charge is 2.49. The Morgan fingerprint density at radius 1 is 1.31 bits per heavy atom. The molecule has 2 aliphatic rings. The molecule has 7 nitrogen and oxygen atoms in total. The minimum Gasteiger partial charge on any atom is -0.444 e. The van der Waals surface area contributed by atoms with Gasteiger partial charge in [0.05, 0.1) is 11.8 Å². The zero-order valence-corrected chi connectivity index (χ0v) is 15.6. The molecule has 0 aromatic carbocycles.